The van der Waals surface area contributed by atoms with E-state index in [-0.39, 0.29) is 24.0 Å². The molecular weight excluding hydrogens is 281 g/mol. The molecule has 0 radical (unpaired) electrons. The molecule has 1 aliphatic carbocycles. The normalized spacial score (nSPS) is 26.9. The summed E-state index contributed by atoms with van der Waals surface area (Å²) in [5.41, 5.74) is -0.272. The van der Waals surface area contributed by atoms with E-state index >= 15 is 0 Å². The summed E-state index contributed by atoms with van der Waals surface area (Å²) in [6, 6.07) is 5.57. The molecule has 2 atom stereocenters. The van der Waals surface area contributed by atoms with Gasteiger partial charge in [-0.25, -0.2) is 17.5 Å². The largest absolute Gasteiger partial charge is 0.396 e. The van der Waals surface area contributed by atoms with E-state index in [4.69, 9.17) is 0 Å². The summed E-state index contributed by atoms with van der Waals surface area (Å²) in [7, 11) is -3.62. The van der Waals surface area contributed by atoms with E-state index in [1.807, 2.05) is 6.92 Å². The molecule has 0 aromatic heterocycles. The predicted molar refractivity (Wildman–Crippen MR) is 75.0 cm³/mol. The maximum Gasteiger partial charge on any atom is 0.216 e. The van der Waals surface area contributed by atoms with Crippen LogP contribution in [0.2, 0.25) is 0 Å². The second kappa shape index (κ2) is 5.79. The highest BCUT2D eigenvalue weighted by Gasteiger charge is 2.40. The van der Waals surface area contributed by atoms with Crippen molar-refractivity contribution in [1.29, 1.82) is 0 Å². The number of halogens is 1. The highest BCUT2D eigenvalue weighted by molar-refractivity contribution is 7.88. The summed E-state index contributed by atoms with van der Waals surface area (Å²) in [6.45, 7) is 1.82. The van der Waals surface area contributed by atoms with Crippen molar-refractivity contribution in [2.75, 3.05) is 6.61 Å². The average molecular weight is 301 g/mol. The second-order valence-corrected chi connectivity index (χ2v) is 7.48. The van der Waals surface area contributed by atoms with Gasteiger partial charge in [0.25, 0.3) is 0 Å². The van der Waals surface area contributed by atoms with Gasteiger partial charge in [-0.3, -0.25) is 0 Å². The lowest BCUT2D eigenvalue weighted by Gasteiger charge is -2.29. The third-order valence-corrected chi connectivity index (χ3v) is 5.40. The number of sulfonamides is 1. The van der Waals surface area contributed by atoms with E-state index < -0.39 is 21.3 Å². The second-order valence-electron chi connectivity index (χ2n) is 5.73. The van der Waals surface area contributed by atoms with Gasteiger partial charge in [0.2, 0.25) is 10.0 Å². The van der Waals surface area contributed by atoms with Gasteiger partial charge < -0.3 is 5.11 Å². The monoisotopic (exact) mass is 301 g/mol. The van der Waals surface area contributed by atoms with E-state index in [0.29, 0.717) is 6.42 Å². The molecule has 0 saturated heterocycles. The molecule has 4 nitrogen and oxygen atoms in total. The minimum Gasteiger partial charge on any atom is -0.396 e. The lowest BCUT2D eigenvalue weighted by molar-refractivity contribution is 0.127. The molecule has 0 bridgehead atoms. The van der Waals surface area contributed by atoms with Gasteiger partial charge in [-0.05, 0) is 18.9 Å². The topological polar surface area (TPSA) is 66.4 Å². The van der Waals surface area contributed by atoms with Crippen LogP contribution in [-0.2, 0) is 15.8 Å². The van der Waals surface area contributed by atoms with Gasteiger partial charge in [0.05, 0.1) is 5.75 Å². The third-order valence-electron chi connectivity index (χ3n) is 4.07. The van der Waals surface area contributed by atoms with Crippen LogP contribution in [0.15, 0.2) is 24.3 Å². The van der Waals surface area contributed by atoms with Crippen molar-refractivity contribution in [3.63, 3.8) is 0 Å². The van der Waals surface area contributed by atoms with E-state index in [9.17, 15) is 17.9 Å². The van der Waals surface area contributed by atoms with Gasteiger partial charge in [-0.1, -0.05) is 31.5 Å². The Morgan fingerprint density at radius 1 is 1.45 bits per heavy atom. The maximum absolute atomic E-state index is 13.5. The molecular formula is C14H20FNO3S. The minimum absolute atomic E-state index is 0.0557. The minimum atomic E-state index is -3.62. The molecule has 1 aromatic rings. The third kappa shape index (κ3) is 3.37. The van der Waals surface area contributed by atoms with Crippen LogP contribution in [-0.4, -0.2) is 26.2 Å². The number of nitrogens with one attached hydrogen (secondary N) is 1. The molecule has 2 unspecified atom stereocenters. The van der Waals surface area contributed by atoms with E-state index in [1.54, 1.807) is 6.07 Å². The molecule has 1 saturated carbocycles. The first-order valence-electron chi connectivity index (χ1n) is 6.70. The Balaban J connectivity index is 2.10. The average Bonchev–Trinajstić information content (AvgIpc) is 2.74. The number of benzene rings is 1. The summed E-state index contributed by atoms with van der Waals surface area (Å²) in [5, 5.41) is 9.43. The van der Waals surface area contributed by atoms with Crippen molar-refractivity contribution in [1.82, 2.24) is 4.72 Å². The Morgan fingerprint density at radius 3 is 2.80 bits per heavy atom. The molecule has 1 fully saturated rings. The van der Waals surface area contributed by atoms with Crippen molar-refractivity contribution in [3.8, 4) is 0 Å². The molecule has 2 rings (SSSR count). The standard InChI is InChI=1S/C14H20FNO3S/c1-14(10-17)8-4-7-13(14)16-20(18,19)9-11-5-2-3-6-12(11)15/h2-3,5-6,13,16-17H,4,7-10H2,1H3. The molecule has 0 amide bonds. The highest BCUT2D eigenvalue weighted by atomic mass is 32.2. The first kappa shape index (κ1) is 15.4. The number of hydrogen-bond acceptors (Lipinski definition) is 3. The number of aliphatic hydroxyl groups excluding tert-OH is 1. The zero-order valence-corrected chi connectivity index (χ0v) is 12.3. The Morgan fingerprint density at radius 2 is 2.15 bits per heavy atom. The van der Waals surface area contributed by atoms with Crippen LogP contribution in [0.4, 0.5) is 4.39 Å². The number of rotatable bonds is 5. The van der Waals surface area contributed by atoms with E-state index in [2.05, 4.69) is 4.72 Å². The van der Waals surface area contributed by atoms with Crippen molar-refractivity contribution in [3.05, 3.63) is 35.6 Å². The van der Waals surface area contributed by atoms with Crippen molar-refractivity contribution < 1.29 is 17.9 Å². The van der Waals surface area contributed by atoms with Crippen LogP contribution in [0.3, 0.4) is 0 Å². The fraction of sp³-hybridized carbons (Fsp3) is 0.571. The number of hydrogen-bond donors (Lipinski definition) is 2. The summed E-state index contributed by atoms with van der Waals surface area (Å²) >= 11 is 0. The maximum atomic E-state index is 13.5. The lowest BCUT2D eigenvalue weighted by Crippen LogP contribution is -2.45. The van der Waals surface area contributed by atoms with Crippen LogP contribution in [0.5, 0.6) is 0 Å². The first-order chi connectivity index (χ1) is 9.36. The van der Waals surface area contributed by atoms with Gasteiger partial charge in [0, 0.05) is 23.6 Å². The van der Waals surface area contributed by atoms with Crippen LogP contribution >= 0.6 is 0 Å². The van der Waals surface area contributed by atoms with Gasteiger partial charge in [0.1, 0.15) is 5.82 Å². The fourth-order valence-corrected chi connectivity index (χ4v) is 4.26. The van der Waals surface area contributed by atoms with Crippen LogP contribution in [0.1, 0.15) is 31.7 Å². The quantitative estimate of drug-likeness (QED) is 0.871. The first-order valence-corrected chi connectivity index (χ1v) is 8.36. The molecule has 0 heterocycles. The summed E-state index contributed by atoms with van der Waals surface area (Å²) in [4.78, 5) is 0. The molecule has 20 heavy (non-hydrogen) atoms. The summed E-state index contributed by atoms with van der Waals surface area (Å²) < 4.78 is 40.4. The molecule has 1 aliphatic rings. The predicted octanol–water partition coefficient (Wildman–Crippen LogP) is 1.80. The SMILES string of the molecule is CC1(CO)CCCC1NS(=O)(=O)Cc1ccccc1F. The molecule has 112 valence electrons. The van der Waals surface area contributed by atoms with E-state index in [1.165, 1.54) is 18.2 Å². The van der Waals surface area contributed by atoms with Crippen LogP contribution < -0.4 is 4.72 Å². The lowest BCUT2D eigenvalue weighted by atomic mass is 9.86. The van der Waals surface area contributed by atoms with Gasteiger partial charge in [-0.2, -0.15) is 0 Å². The van der Waals surface area contributed by atoms with Gasteiger partial charge >= 0.3 is 0 Å². The fourth-order valence-electron chi connectivity index (χ4n) is 2.70. The molecule has 6 heteroatoms. The zero-order chi connectivity index (χ0) is 14.8. The van der Waals surface area contributed by atoms with Crippen LogP contribution in [0.25, 0.3) is 0 Å². The molecule has 0 aliphatic heterocycles. The van der Waals surface area contributed by atoms with Crippen molar-refractivity contribution in [2.45, 2.75) is 38.0 Å². The van der Waals surface area contributed by atoms with E-state index in [0.717, 1.165) is 12.8 Å². The Kier molecular flexibility index (Phi) is 4.46. The van der Waals surface area contributed by atoms with Crippen LogP contribution in [0, 0.1) is 11.2 Å². The smallest absolute Gasteiger partial charge is 0.216 e. The molecule has 0 spiro atoms. The van der Waals surface area contributed by atoms with Gasteiger partial charge in [-0.15, -0.1) is 0 Å². The van der Waals surface area contributed by atoms with Crippen molar-refractivity contribution >= 4 is 10.0 Å². The summed E-state index contributed by atoms with van der Waals surface area (Å²) in [5.74, 6) is -0.897. The Bertz CT molecular complexity index is 576. The zero-order valence-electron chi connectivity index (χ0n) is 11.5. The van der Waals surface area contributed by atoms with Gasteiger partial charge in [0.15, 0.2) is 0 Å². The summed E-state index contributed by atoms with van der Waals surface area (Å²) in [6.07, 6.45) is 2.37. The molecule has 2 N–H and O–H groups in total. The molecule has 1 aromatic carbocycles. The highest BCUT2D eigenvalue weighted by Crippen LogP contribution is 2.37. The van der Waals surface area contributed by atoms with Crippen molar-refractivity contribution in [2.24, 2.45) is 5.41 Å². The Labute approximate surface area is 119 Å². The Hall–Kier alpha value is -0.980. The number of aliphatic hydroxyl groups is 1.